The molecule has 4 rings (SSSR count). The molecular weight excluding hydrogens is 414 g/mol. The van der Waals surface area contributed by atoms with Gasteiger partial charge in [0.05, 0.1) is 12.1 Å². The number of furan rings is 1. The molecule has 2 fully saturated rings. The minimum absolute atomic E-state index is 0.0189. The van der Waals surface area contributed by atoms with E-state index in [2.05, 4.69) is 10.3 Å². The molecule has 6 nitrogen and oxygen atoms in total. The highest BCUT2D eigenvalue weighted by Gasteiger charge is 2.34. The number of hydrogen-bond donors (Lipinski definition) is 1. The van der Waals surface area contributed by atoms with Crippen molar-refractivity contribution in [1.29, 1.82) is 0 Å². The van der Waals surface area contributed by atoms with Gasteiger partial charge in [0.2, 0.25) is 5.91 Å². The Hall–Kier alpha value is -2.08. The van der Waals surface area contributed by atoms with Crippen molar-refractivity contribution in [2.45, 2.75) is 63.2 Å². The Bertz CT molecular complexity index is 858. The van der Waals surface area contributed by atoms with E-state index in [1.807, 2.05) is 11.0 Å². The van der Waals surface area contributed by atoms with Gasteiger partial charge in [-0.25, -0.2) is 0 Å². The Kier molecular flexibility index (Phi) is 7.49. The van der Waals surface area contributed by atoms with Gasteiger partial charge in [-0.05, 0) is 50.2 Å². The molecule has 2 amide bonds. The zero-order valence-electron chi connectivity index (χ0n) is 18.0. The SMILES string of the molecule is O=C(NCCCCC1CCN(C(=O)C2CCCCC2Cl)CC1)c1cc2ccncc2o1. The van der Waals surface area contributed by atoms with Crippen molar-refractivity contribution in [3.8, 4) is 0 Å². The van der Waals surface area contributed by atoms with Crippen molar-refractivity contribution in [2.75, 3.05) is 19.6 Å². The van der Waals surface area contributed by atoms with Crippen LogP contribution in [-0.2, 0) is 4.79 Å². The van der Waals surface area contributed by atoms with E-state index < -0.39 is 0 Å². The van der Waals surface area contributed by atoms with Crippen molar-refractivity contribution in [2.24, 2.45) is 11.8 Å². The van der Waals surface area contributed by atoms with E-state index in [-0.39, 0.29) is 23.1 Å². The van der Waals surface area contributed by atoms with Crippen molar-refractivity contribution in [1.82, 2.24) is 15.2 Å². The van der Waals surface area contributed by atoms with E-state index in [1.165, 1.54) is 0 Å². The number of nitrogens with one attached hydrogen (secondary N) is 1. The smallest absolute Gasteiger partial charge is 0.287 e. The maximum absolute atomic E-state index is 12.8. The summed E-state index contributed by atoms with van der Waals surface area (Å²) in [5.41, 5.74) is 0.627. The molecule has 2 aromatic heterocycles. The number of piperidine rings is 1. The van der Waals surface area contributed by atoms with Gasteiger partial charge >= 0.3 is 0 Å². The predicted molar refractivity (Wildman–Crippen MR) is 121 cm³/mol. The van der Waals surface area contributed by atoms with Crippen LogP contribution in [0, 0.1) is 11.8 Å². The van der Waals surface area contributed by atoms with Crippen molar-refractivity contribution in [3.63, 3.8) is 0 Å². The number of unbranched alkanes of at least 4 members (excludes halogenated alkanes) is 1. The summed E-state index contributed by atoms with van der Waals surface area (Å²) in [5, 5.41) is 3.84. The quantitative estimate of drug-likeness (QED) is 0.492. The zero-order valence-corrected chi connectivity index (χ0v) is 18.8. The molecule has 2 atom stereocenters. The molecule has 2 unspecified atom stereocenters. The standard InChI is InChI=1S/C24H32ClN3O3/c25-20-7-2-1-6-19(20)24(30)28-13-9-17(10-14-28)5-3-4-11-27-23(29)21-15-18-8-12-26-16-22(18)31-21/h8,12,15-17,19-20H,1-7,9-11,13-14H2,(H,27,29). The molecule has 1 aliphatic heterocycles. The zero-order chi connectivity index (χ0) is 21.6. The molecule has 31 heavy (non-hydrogen) atoms. The van der Waals surface area contributed by atoms with Crippen molar-refractivity contribution >= 4 is 34.4 Å². The lowest BCUT2D eigenvalue weighted by molar-refractivity contribution is -0.137. The van der Waals surface area contributed by atoms with Gasteiger partial charge in [-0.2, -0.15) is 0 Å². The van der Waals surface area contributed by atoms with Crippen LogP contribution in [0.4, 0.5) is 0 Å². The van der Waals surface area contributed by atoms with Gasteiger partial charge in [0, 0.05) is 36.6 Å². The maximum atomic E-state index is 12.8. The van der Waals surface area contributed by atoms with Gasteiger partial charge in [-0.3, -0.25) is 14.6 Å². The number of nitrogens with zero attached hydrogens (tertiary/aromatic N) is 2. The lowest BCUT2D eigenvalue weighted by Crippen LogP contribution is -2.44. The van der Waals surface area contributed by atoms with Crippen LogP contribution in [0.2, 0.25) is 0 Å². The Morgan fingerprint density at radius 3 is 2.74 bits per heavy atom. The maximum Gasteiger partial charge on any atom is 0.287 e. The second kappa shape index (κ2) is 10.5. The number of halogens is 1. The summed E-state index contributed by atoms with van der Waals surface area (Å²) < 4.78 is 5.55. The Morgan fingerprint density at radius 1 is 1.16 bits per heavy atom. The monoisotopic (exact) mass is 445 g/mol. The fraction of sp³-hybridized carbons (Fsp3) is 0.625. The minimum Gasteiger partial charge on any atom is -0.449 e. The number of likely N-dealkylation sites (tertiary alicyclic amines) is 1. The highest BCUT2D eigenvalue weighted by molar-refractivity contribution is 6.22. The van der Waals surface area contributed by atoms with Crippen LogP contribution in [0.3, 0.4) is 0 Å². The minimum atomic E-state index is -0.177. The Labute approximate surface area is 188 Å². The largest absolute Gasteiger partial charge is 0.449 e. The summed E-state index contributed by atoms with van der Waals surface area (Å²) in [6.45, 7) is 2.37. The number of carbonyl (C=O) groups excluding carboxylic acids is 2. The van der Waals surface area contributed by atoms with Gasteiger partial charge in [0.1, 0.15) is 0 Å². The van der Waals surface area contributed by atoms with Crippen LogP contribution < -0.4 is 5.32 Å². The highest BCUT2D eigenvalue weighted by atomic mass is 35.5. The van der Waals surface area contributed by atoms with Crippen LogP contribution in [0.15, 0.2) is 28.9 Å². The average molecular weight is 446 g/mol. The molecule has 168 valence electrons. The van der Waals surface area contributed by atoms with E-state index in [4.69, 9.17) is 16.0 Å². The molecule has 1 aliphatic carbocycles. The molecule has 2 aromatic rings. The molecule has 0 bridgehead atoms. The van der Waals surface area contributed by atoms with Gasteiger partial charge in [-0.1, -0.05) is 25.7 Å². The Morgan fingerprint density at radius 2 is 1.97 bits per heavy atom. The van der Waals surface area contributed by atoms with E-state index in [0.717, 1.165) is 76.3 Å². The molecule has 2 aliphatic rings. The highest BCUT2D eigenvalue weighted by Crippen LogP contribution is 2.32. The summed E-state index contributed by atoms with van der Waals surface area (Å²) in [6, 6.07) is 3.58. The van der Waals surface area contributed by atoms with Crippen LogP contribution in [0.25, 0.3) is 11.0 Å². The number of carbonyl (C=O) groups is 2. The number of hydrogen-bond acceptors (Lipinski definition) is 4. The number of pyridine rings is 1. The number of alkyl halides is 1. The number of rotatable bonds is 7. The number of amides is 2. The molecule has 0 radical (unpaired) electrons. The average Bonchev–Trinajstić information content (AvgIpc) is 3.23. The molecular formula is C24H32ClN3O3. The summed E-state index contributed by atoms with van der Waals surface area (Å²) >= 11 is 6.42. The number of aromatic nitrogens is 1. The molecule has 3 heterocycles. The second-order valence-electron chi connectivity index (χ2n) is 8.95. The van der Waals surface area contributed by atoms with Crippen molar-refractivity contribution in [3.05, 3.63) is 30.3 Å². The van der Waals surface area contributed by atoms with E-state index in [1.54, 1.807) is 18.5 Å². The first-order chi connectivity index (χ1) is 15.1. The molecule has 0 spiro atoms. The summed E-state index contributed by atoms with van der Waals surface area (Å²) in [7, 11) is 0. The summed E-state index contributed by atoms with van der Waals surface area (Å²) in [4.78, 5) is 31.1. The first-order valence-corrected chi connectivity index (χ1v) is 12.1. The molecule has 1 N–H and O–H groups in total. The van der Waals surface area contributed by atoms with E-state index in [9.17, 15) is 9.59 Å². The molecule has 0 aromatic carbocycles. The van der Waals surface area contributed by atoms with Crippen LogP contribution in [0.5, 0.6) is 0 Å². The first-order valence-electron chi connectivity index (χ1n) is 11.7. The second-order valence-corrected chi connectivity index (χ2v) is 9.51. The van der Waals surface area contributed by atoms with Gasteiger partial charge < -0.3 is 14.6 Å². The molecule has 7 heteroatoms. The van der Waals surface area contributed by atoms with Gasteiger partial charge in [0.25, 0.3) is 5.91 Å². The molecule has 1 saturated heterocycles. The summed E-state index contributed by atoms with van der Waals surface area (Å²) in [5.74, 6) is 1.13. The third-order valence-corrected chi connectivity index (χ3v) is 7.32. The topological polar surface area (TPSA) is 75.4 Å². The van der Waals surface area contributed by atoms with Crippen LogP contribution in [-0.4, -0.2) is 46.7 Å². The Balaban J connectivity index is 1.11. The van der Waals surface area contributed by atoms with Gasteiger partial charge in [-0.15, -0.1) is 11.6 Å². The molecule has 1 saturated carbocycles. The van der Waals surface area contributed by atoms with E-state index >= 15 is 0 Å². The lowest BCUT2D eigenvalue weighted by Gasteiger charge is -2.36. The lowest BCUT2D eigenvalue weighted by atomic mass is 9.86. The fourth-order valence-electron chi connectivity index (χ4n) is 4.88. The van der Waals surface area contributed by atoms with Gasteiger partial charge in [0.15, 0.2) is 11.3 Å². The van der Waals surface area contributed by atoms with Crippen LogP contribution in [0.1, 0.15) is 68.3 Å². The van der Waals surface area contributed by atoms with Crippen LogP contribution >= 0.6 is 11.6 Å². The van der Waals surface area contributed by atoms with Crippen molar-refractivity contribution < 1.29 is 14.0 Å². The summed E-state index contributed by atoms with van der Waals surface area (Å²) in [6.07, 6.45) is 12.8. The van der Waals surface area contributed by atoms with E-state index in [0.29, 0.717) is 23.8 Å². The normalized spacial score (nSPS) is 22.5. The number of fused-ring (bicyclic) bond motifs is 1. The third-order valence-electron chi connectivity index (χ3n) is 6.80. The first kappa shape index (κ1) is 22.1. The predicted octanol–water partition coefficient (Wildman–Crippen LogP) is 4.76. The third kappa shape index (κ3) is 5.59. The fourth-order valence-corrected chi connectivity index (χ4v) is 5.27.